The van der Waals surface area contributed by atoms with Gasteiger partial charge in [0.2, 0.25) is 0 Å². The second-order valence-corrected chi connectivity index (χ2v) is 3.54. The molecule has 4 nitrogen and oxygen atoms in total. The quantitative estimate of drug-likeness (QED) is 0.628. The van der Waals surface area contributed by atoms with Gasteiger partial charge in [-0.1, -0.05) is 6.08 Å². The molecule has 0 aliphatic carbocycles. The number of carbonyl (C=O) groups is 2. The van der Waals surface area contributed by atoms with Crippen molar-refractivity contribution >= 4 is 12.4 Å². The SMILES string of the molecule is CC(C)OC(=O)N1CCC=C(C=O)C1. The van der Waals surface area contributed by atoms with E-state index in [9.17, 15) is 9.59 Å². The lowest BCUT2D eigenvalue weighted by atomic mass is 10.1. The maximum Gasteiger partial charge on any atom is 0.410 e. The van der Waals surface area contributed by atoms with Crippen LogP contribution in [0.5, 0.6) is 0 Å². The first kappa shape index (κ1) is 10.8. The van der Waals surface area contributed by atoms with Crippen LogP contribution in [0.2, 0.25) is 0 Å². The molecule has 1 heterocycles. The average molecular weight is 197 g/mol. The number of amides is 1. The standard InChI is InChI=1S/C10H15NO3/c1-8(2)14-10(13)11-5-3-4-9(6-11)7-12/h4,7-8H,3,5-6H2,1-2H3. The molecule has 0 aromatic rings. The Balaban J connectivity index is 2.50. The van der Waals surface area contributed by atoms with Crippen molar-refractivity contribution in [2.45, 2.75) is 26.4 Å². The van der Waals surface area contributed by atoms with E-state index >= 15 is 0 Å². The molecule has 0 unspecified atom stereocenters. The van der Waals surface area contributed by atoms with Gasteiger partial charge in [-0.2, -0.15) is 0 Å². The van der Waals surface area contributed by atoms with E-state index in [0.717, 1.165) is 12.7 Å². The maximum atomic E-state index is 11.4. The van der Waals surface area contributed by atoms with Gasteiger partial charge in [0.25, 0.3) is 0 Å². The van der Waals surface area contributed by atoms with E-state index in [1.54, 1.807) is 18.7 Å². The zero-order chi connectivity index (χ0) is 10.6. The smallest absolute Gasteiger partial charge is 0.410 e. The molecule has 0 spiro atoms. The van der Waals surface area contributed by atoms with E-state index in [2.05, 4.69) is 0 Å². The predicted octanol–water partition coefficient (Wildman–Crippen LogP) is 1.36. The van der Waals surface area contributed by atoms with E-state index in [0.29, 0.717) is 18.7 Å². The molecular formula is C10H15NO3. The Morgan fingerprint density at radius 1 is 1.64 bits per heavy atom. The van der Waals surface area contributed by atoms with Crippen molar-refractivity contribution < 1.29 is 14.3 Å². The lowest BCUT2D eigenvalue weighted by Crippen LogP contribution is -2.37. The summed E-state index contributed by atoms with van der Waals surface area (Å²) >= 11 is 0. The largest absolute Gasteiger partial charge is 0.447 e. The normalized spacial score (nSPS) is 16.5. The number of hydrogen-bond donors (Lipinski definition) is 0. The number of carbonyl (C=O) groups excluding carboxylic acids is 2. The van der Waals surface area contributed by atoms with Crippen LogP contribution in [0.3, 0.4) is 0 Å². The Labute approximate surface area is 83.5 Å². The lowest BCUT2D eigenvalue weighted by molar-refractivity contribution is -0.105. The van der Waals surface area contributed by atoms with Crippen LogP contribution in [0.1, 0.15) is 20.3 Å². The molecule has 4 heteroatoms. The first-order chi connectivity index (χ1) is 6.63. The molecule has 14 heavy (non-hydrogen) atoms. The number of ether oxygens (including phenoxy) is 1. The Hall–Kier alpha value is -1.32. The van der Waals surface area contributed by atoms with Crippen LogP contribution in [-0.4, -0.2) is 36.5 Å². The van der Waals surface area contributed by atoms with Crippen LogP contribution < -0.4 is 0 Å². The third kappa shape index (κ3) is 2.87. The summed E-state index contributed by atoms with van der Waals surface area (Å²) in [6, 6.07) is 0. The van der Waals surface area contributed by atoms with Crippen LogP contribution in [0.25, 0.3) is 0 Å². The minimum atomic E-state index is -0.340. The Morgan fingerprint density at radius 3 is 2.93 bits per heavy atom. The van der Waals surface area contributed by atoms with E-state index in [1.807, 2.05) is 6.08 Å². The summed E-state index contributed by atoms with van der Waals surface area (Å²) < 4.78 is 5.03. The molecule has 78 valence electrons. The van der Waals surface area contributed by atoms with Crippen LogP contribution in [0.4, 0.5) is 4.79 Å². The summed E-state index contributed by atoms with van der Waals surface area (Å²) in [4.78, 5) is 23.5. The molecule has 0 atom stereocenters. The molecule has 1 aliphatic heterocycles. The zero-order valence-corrected chi connectivity index (χ0v) is 8.53. The van der Waals surface area contributed by atoms with Crippen LogP contribution in [-0.2, 0) is 9.53 Å². The van der Waals surface area contributed by atoms with Crippen molar-refractivity contribution in [2.75, 3.05) is 13.1 Å². The molecule has 0 aromatic heterocycles. The van der Waals surface area contributed by atoms with Crippen molar-refractivity contribution in [3.63, 3.8) is 0 Å². The van der Waals surface area contributed by atoms with Gasteiger partial charge in [0.15, 0.2) is 0 Å². The zero-order valence-electron chi connectivity index (χ0n) is 8.53. The summed E-state index contributed by atoms with van der Waals surface area (Å²) in [5.74, 6) is 0. The molecule has 0 N–H and O–H groups in total. The van der Waals surface area contributed by atoms with Gasteiger partial charge in [-0.15, -0.1) is 0 Å². The maximum absolute atomic E-state index is 11.4. The Kier molecular flexibility index (Phi) is 3.68. The molecule has 0 bridgehead atoms. The van der Waals surface area contributed by atoms with Crippen molar-refractivity contribution in [1.29, 1.82) is 0 Å². The predicted molar refractivity (Wildman–Crippen MR) is 52.0 cm³/mol. The van der Waals surface area contributed by atoms with Crippen molar-refractivity contribution in [3.8, 4) is 0 Å². The van der Waals surface area contributed by atoms with E-state index < -0.39 is 0 Å². The summed E-state index contributed by atoms with van der Waals surface area (Å²) in [7, 11) is 0. The fourth-order valence-electron chi connectivity index (χ4n) is 1.29. The highest BCUT2D eigenvalue weighted by Crippen LogP contribution is 2.09. The van der Waals surface area contributed by atoms with Gasteiger partial charge >= 0.3 is 6.09 Å². The molecular weight excluding hydrogens is 182 g/mol. The highest BCUT2D eigenvalue weighted by Gasteiger charge is 2.19. The van der Waals surface area contributed by atoms with Crippen molar-refractivity contribution in [2.24, 2.45) is 0 Å². The second kappa shape index (κ2) is 4.79. The lowest BCUT2D eigenvalue weighted by Gasteiger charge is -2.25. The fraction of sp³-hybridized carbons (Fsp3) is 0.600. The Bertz CT molecular complexity index is 258. The second-order valence-electron chi connectivity index (χ2n) is 3.54. The molecule has 1 amide bonds. The van der Waals surface area contributed by atoms with Gasteiger partial charge in [0.05, 0.1) is 12.6 Å². The van der Waals surface area contributed by atoms with Crippen molar-refractivity contribution in [1.82, 2.24) is 4.90 Å². The first-order valence-electron chi connectivity index (χ1n) is 4.73. The Morgan fingerprint density at radius 2 is 2.36 bits per heavy atom. The molecule has 1 aliphatic rings. The minimum absolute atomic E-state index is 0.118. The minimum Gasteiger partial charge on any atom is -0.447 e. The number of hydrogen-bond acceptors (Lipinski definition) is 3. The third-order valence-corrected chi connectivity index (χ3v) is 1.93. The average Bonchev–Trinajstić information content (AvgIpc) is 2.17. The molecule has 0 aromatic carbocycles. The number of nitrogens with zero attached hydrogens (tertiary/aromatic N) is 1. The molecule has 0 radical (unpaired) electrons. The van der Waals surface area contributed by atoms with E-state index in [4.69, 9.17) is 4.74 Å². The summed E-state index contributed by atoms with van der Waals surface area (Å²) in [6.07, 6.45) is 2.91. The van der Waals surface area contributed by atoms with Gasteiger partial charge in [0.1, 0.15) is 6.29 Å². The molecule has 0 saturated heterocycles. The van der Waals surface area contributed by atoms with Crippen molar-refractivity contribution in [3.05, 3.63) is 11.6 Å². The third-order valence-electron chi connectivity index (χ3n) is 1.93. The number of aldehydes is 1. The van der Waals surface area contributed by atoms with Gasteiger partial charge in [-0.25, -0.2) is 4.79 Å². The van der Waals surface area contributed by atoms with Gasteiger partial charge < -0.3 is 9.64 Å². The van der Waals surface area contributed by atoms with Crippen LogP contribution >= 0.6 is 0 Å². The van der Waals surface area contributed by atoms with E-state index in [-0.39, 0.29) is 12.2 Å². The highest BCUT2D eigenvalue weighted by molar-refractivity contribution is 5.77. The molecule has 1 rings (SSSR count). The molecule has 0 saturated carbocycles. The monoisotopic (exact) mass is 197 g/mol. The first-order valence-corrected chi connectivity index (χ1v) is 4.73. The topological polar surface area (TPSA) is 46.6 Å². The highest BCUT2D eigenvalue weighted by atomic mass is 16.6. The van der Waals surface area contributed by atoms with Crippen LogP contribution in [0, 0.1) is 0 Å². The van der Waals surface area contributed by atoms with Crippen LogP contribution in [0.15, 0.2) is 11.6 Å². The summed E-state index contributed by atoms with van der Waals surface area (Å²) in [5.41, 5.74) is 0.650. The van der Waals surface area contributed by atoms with Gasteiger partial charge in [-0.05, 0) is 20.3 Å². The van der Waals surface area contributed by atoms with E-state index in [1.165, 1.54) is 0 Å². The number of rotatable bonds is 2. The summed E-state index contributed by atoms with van der Waals surface area (Å²) in [5, 5.41) is 0. The fourth-order valence-corrected chi connectivity index (χ4v) is 1.29. The van der Waals surface area contributed by atoms with Gasteiger partial charge in [-0.3, -0.25) is 4.79 Å². The summed E-state index contributed by atoms with van der Waals surface area (Å²) in [6.45, 7) is 4.61. The molecule has 0 fully saturated rings. The van der Waals surface area contributed by atoms with Gasteiger partial charge in [0, 0.05) is 12.1 Å².